The predicted octanol–water partition coefficient (Wildman–Crippen LogP) is 2.39. The molecule has 1 N–H and O–H groups in total. The number of hydrogen-bond acceptors (Lipinski definition) is 3. The largest absolute Gasteiger partial charge is 0.433 e. The van der Waals surface area contributed by atoms with Gasteiger partial charge in [0, 0.05) is 7.05 Å². The molecule has 5 nitrogen and oxygen atoms in total. The third-order valence-electron chi connectivity index (χ3n) is 2.62. The molecule has 20 heavy (non-hydrogen) atoms. The van der Waals surface area contributed by atoms with E-state index in [0.717, 1.165) is 6.07 Å². The highest BCUT2D eigenvalue weighted by molar-refractivity contribution is 6.03. The lowest BCUT2D eigenvalue weighted by molar-refractivity contribution is -0.141. The highest BCUT2D eigenvalue weighted by atomic mass is 19.4. The van der Waals surface area contributed by atoms with E-state index in [1.165, 1.54) is 23.0 Å². The van der Waals surface area contributed by atoms with Crippen LogP contribution in [0.1, 0.15) is 21.9 Å². The van der Waals surface area contributed by atoms with E-state index >= 15 is 0 Å². The van der Waals surface area contributed by atoms with Crippen molar-refractivity contribution < 1.29 is 18.0 Å². The lowest BCUT2D eigenvalue weighted by Crippen LogP contribution is -2.18. The van der Waals surface area contributed by atoms with Crippen molar-refractivity contribution in [2.45, 2.75) is 13.1 Å². The van der Waals surface area contributed by atoms with Crippen molar-refractivity contribution in [2.24, 2.45) is 7.05 Å². The Hall–Kier alpha value is -2.38. The number of nitrogens with zero attached hydrogens (tertiary/aromatic N) is 3. The maximum Gasteiger partial charge on any atom is 0.433 e. The first kappa shape index (κ1) is 14.0. The Morgan fingerprint density at radius 3 is 2.60 bits per heavy atom. The van der Waals surface area contributed by atoms with Gasteiger partial charge in [0.15, 0.2) is 0 Å². The van der Waals surface area contributed by atoms with Crippen molar-refractivity contribution in [1.82, 2.24) is 14.5 Å². The van der Waals surface area contributed by atoms with Gasteiger partial charge in [-0.25, -0.2) is 9.97 Å². The van der Waals surface area contributed by atoms with Crippen molar-refractivity contribution in [3.8, 4) is 0 Å². The molecule has 0 bridgehead atoms. The second-order valence-electron chi connectivity index (χ2n) is 4.15. The van der Waals surface area contributed by atoms with Crippen LogP contribution in [-0.2, 0) is 13.2 Å². The minimum atomic E-state index is -4.55. The van der Waals surface area contributed by atoms with Gasteiger partial charge in [0.25, 0.3) is 5.91 Å². The molecule has 0 aliphatic rings. The summed E-state index contributed by atoms with van der Waals surface area (Å²) in [4.78, 5) is 19.3. The van der Waals surface area contributed by atoms with Gasteiger partial charge < -0.3 is 9.88 Å². The summed E-state index contributed by atoms with van der Waals surface area (Å²) in [5.41, 5.74) is -0.307. The molecule has 0 saturated carbocycles. The van der Waals surface area contributed by atoms with Gasteiger partial charge in [0.05, 0.1) is 12.0 Å². The van der Waals surface area contributed by atoms with E-state index in [4.69, 9.17) is 0 Å². The van der Waals surface area contributed by atoms with E-state index in [0.29, 0.717) is 5.69 Å². The SMILES string of the molecule is Cc1ncn(C)c1C(=O)Nc1cccc(C(F)(F)F)n1. The number of aromatic nitrogens is 3. The molecule has 1 amide bonds. The number of imidazole rings is 1. The van der Waals surface area contributed by atoms with Crippen molar-refractivity contribution in [2.75, 3.05) is 5.32 Å². The normalized spacial score (nSPS) is 11.4. The fourth-order valence-electron chi connectivity index (χ4n) is 1.71. The van der Waals surface area contributed by atoms with Gasteiger partial charge in [-0.05, 0) is 19.1 Å². The zero-order valence-electron chi connectivity index (χ0n) is 10.7. The summed E-state index contributed by atoms with van der Waals surface area (Å²) in [5, 5.41) is 2.33. The molecule has 0 atom stereocenters. The minimum absolute atomic E-state index is 0.162. The van der Waals surface area contributed by atoms with E-state index in [1.807, 2.05) is 0 Å². The number of amides is 1. The summed E-state index contributed by atoms with van der Waals surface area (Å²) in [5.74, 6) is -0.722. The molecule has 2 aromatic rings. The van der Waals surface area contributed by atoms with Crippen molar-refractivity contribution in [1.29, 1.82) is 0 Å². The molecule has 2 aromatic heterocycles. The van der Waals surface area contributed by atoms with Crippen LogP contribution in [0, 0.1) is 6.92 Å². The Morgan fingerprint density at radius 1 is 1.35 bits per heavy atom. The van der Waals surface area contributed by atoms with Crippen LogP contribution in [0.25, 0.3) is 0 Å². The van der Waals surface area contributed by atoms with E-state index in [1.54, 1.807) is 14.0 Å². The van der Waals surface area contributed by atoms with E-state index in [2.05, 4.69) is 15.3 Å². The van der Waals surface area contributed by atoms with Crippen molar-refractivity contribution in [3.63, 3.8) is 0 Å². The van der Waals surface area contributed by atoms with E-state index in [9.17, 15) is 18.0 Å². The fourth-order valence-corrected chi connectivity index (χ4v) is 1.71. The van der Waals surface area contributed by atoms with Gasteiger partial charge in [-0.15, -0.1) is 0 Å². The monoisotopic (exact) mass is 284 g/mol. The standard InChI is InChI=1S/C12H11F3N4O/c1-7-10(19(2)6-16-7)11(20)18-9-5-3-4-8(17-9)12(13,14)15/h3-6H,1-2H3,(H,17,18,20). The first-order valence-electron chi connectivity index (χ1n) is 5.62. The smallest absolute Gasteiger partial charge is 0.330 e. The number of pyridine rings is 1. The van der Waals surface area contributed by atoms with Crippen LogP contribution in [0.15, 0.2) is 24.5 Å². The summed E-state index contributed by atoms with van der Waals surface area (Å²) in [6.07, 6.45) is -3.10. The summed E-state index contributed by atoms with van der Waals surface area (Å²) in [6.45, 7) is 1.63. The molecule has 0 radical (unpaired) electrons. The molecule has 0 spiro atoms. The Bertz CT molecular complexity index is 629. The molecule has 2 heterocycles. The number of anilines is 1. The molecular formula is C12H11F3N4O. The highest BCUT2D eigenvalue weighted by Crippen LogP contribution is 2.28. The summed E-state index contributed by atoms with van der Waals surface area (Å²) < 4.78 is 39.0. The number of nitrogens with one attached hydrogen (secondary N) is 1. The van der Waals surface area contributed by atoms with Gasteiger partial charge in [0.1, 0.15) is 17.2 Å². The Morgan fingerprint density at radius 2 is 2.05 bits per heavy atom. The summed E-state index contributed by atoms with van der Waals surface area (Å²) in [6, 6.07) is 3.31. The minimum Gasteiger partial charge on any atom is -0.330 e. The lowest BCUT2D eigenvalue weighted by atomic mass is 10.3. The second-order valence-corrected chi connectivity index (χ2v) is 4.15. The van der Waals surface area contributed by atoms with Gasteiger partial charge in [-0.2, -0.15) is 13.2 Å². The van der Waals surface area contributed by atoms with Crippen LogP contribution in [0.5, 0.6) is 0 Å². The summed E-state index contributed by atoms with van der Waals surface area (Å²) in [7, 11) is 1.62. The van der Waals surface area contributed by atoms with E-state index in [-0.39, 0.29) is 11.5 Å². The zero-order valence-corrected chi connectivity index (χ0v) is 10.7. The topological polar surface area (TPSA) is 59.8 Å². The summed E-state index contributed by atoms with van der Waals surface area (Å²) >= 11 is 0. The molecule has 0 aliphatic heterocycles. The molecule has 0 fully saturated rings. The van der Waals surface area contributed by atoms with Gasteiger partial charge in [-0.1, -0.05) is 6.07 Å². The lowest BCUT2D eigenvalue weighted by Gasteiger charge is -2.09. The highest BCUT2D eigenvalue weighted by Gasteiger charge is 2.32. The number of carbonyl (C=O) groups is 1. The number of hydrogen-bond donors (Lipinski definition) is 1. The number of halogens is 3. The molecule has 0 aromatic carbocycles. The molecule has 2 rings (SSSR count). The number of aryl methyl sites for hydroxylation is 2. The van der Waals surface area contributed by atoms with Crippen molar-refractivity contribution >= 4 is 11.7 Å². The Kier molecular flexibility index (Phi) is 3.47. The van der Waals surface area contributed by atoms with Gasteiger partial charge >= 0.3 is 6.18 Å². The second kappa shape index (κ2) is 4.95. The third kappa shape index (κ3) is 2.79. The Labute approximate surface area is 112 Å². The zero-order chi connectivity index (χ0) is 14.9. The average Bonchev–Trinajstić information content (AvgIpc) is 2.68. The quantitative estimate of drug-likeness (QED) is 0.921. The molecule has 0 aliphatic carbocycles. The van der Waals surface area contributed by atoms with Gasteiger partial charge in [0.2, 0.25) is 0 Å². The molecule has 106 valence electrons. The van der Waals surface area contributed by atoms with Crippen LogP contribution in [0.4, 0.5) is 19.0 Å². The third-order valence-corrected chi connectivity index (χ3v) is 2.62. The van der Waals surface area contributed by atoms with Crippen LogP contribution in [0.2, 0.25) is 0 Å². The van der Waals surface area contributed by atoms with Crippen LogP contribution in [-0.4, -0.2) is 20.4 Å². The number of rotatable bonds is 2. The first-order valence-corrected chi connectivity index (χ1v) is 5.62. The molecule has 8 heteroatoms. The first-order chi connectivity index (χ1) is 9.29. The van der Waals surface area contributed by atoms with Crippen LogP contribution >= 0.6 is 0 Å². The molecular weight excluding hydrogens is 273 g/mol. The van der Waals surface area contributed by atoms with E-state index < -0.39 is 17.8 Å². The van der Waals surface area contributed by atoms with Crippen LogP contribution < -0.4 is 5.32 Å². The van der Waals surface area contributed by atoms with Crippen molar-refractivity contribution in [3.05, 3.63) is 41.6 Å². The maximum atomic E-state index is 12.5. The molecule has 0 saturated heterocycles. The number of carbonyl (C=O) groups excluding carboxylic acids is 1. The molecule has 0 unspecified atom stereocenters. The number of alkyl halides is 3. The Balaban J connectivity index is 2.25. The van der Waals surface area contributed by atoms with Crippen LogP contribution in [0.3, 0.4) is 0 Å². The average molecular weight is 284 g/mol. The predicted molar refractivity (Wildman–Crippen MR) is 65.1 cm³/mol. The fraction of sp³-hybridized carbons (Fsp3) is 0.250. The van der Waals surface area contributed by atoms with Gasteiger partial charge in [-0.3, -0.25) is 4.79 Å². The maximum absolute atomic E-state index is 12.5.